The number of pyridine rings is 1. The average Bonchev–Trinajstić information content (AvgIpc) is 3.07. The highest BCUT2D eigenvalue weighted by molar-refractivity contribution is 6.31. The summed E-state index contributed by atoms with van der Waals surface area (Å²) in [7, 11) is 0. The summed E-state index contributed by atoms with van der Waals surface area (Å²) in [5, 5.41) is 6.49. The fraction of sp³-hybridized carbons (Fsp3) is 0.333. The second-order valence-electron chi connectivity index (χ2n) is 6.52. The van der Waals surface area contributed by atoms with Gasteiger partial charge in [-0.3, -0.25) is 4.79 Å². The van der Waals surface area contributed by atoms with Crippen LogP contribution in [0, 0.1) is 5.92 Å². The molecule has 0 saturated heterocycles. The molecule has 10 heteroatoms. The van der Waals surface area contributed by atoms with E-state index in [1.807, 2.05) is 13.8 Å². The molecule has 1 atom stereocenters. The lowest BCUT2D eigenvalue weighted by Crippen LogP contribution is -2.44. The van der Waals surface area contributed by atoms with Crippen molar-refractivity contribution < 1.29 is 17.9 Å². The Morgan fingerprint density at radius 3 is 2.86 bits per heavy atom. The minimum Gasteiger partial charge on any atom is -0.358 e. The van der Waals surface area contributed by atoms with Gasteiger partial charge < -0.3 is 15.6 Å². The van der Waals surface area contributed by atoms with Gasteiger partial charge in [0.2, 0.25) is 5.91 Å². The van der Waals surface area contributed by atoms with Crippen molar-refractivity contribution in [3.63, 3.8) is 0 Å². The number of carbonyl (C=O) groups excluding carboxylic acids is 1. The summed E-state index contributed by atoms with van der Waals surface area (Å²) in [5.74, 6) is 0.154. The van der Waals surface area contributed by atoms with Gasteiger partial charge in [-0.1, -0.05) is 25.4 Å². The second kappa shape index (κ2) is 8.47. The molecular formula is C18H25ClF2N6O. The van der Waals surface area contributed by atoms with Gasteiger partial charge >= 0.3 is 0 Å². The highest BCUT2D eigenvalue weighted by Gasteiger charge is 2.23. The van der Waals surface area contributed by atoms with E-state index in [0.29, 0.717) is 27.9 Å². The number of H-pyrrole nitrogens is 1. The Balaban J connectivity index is 0.00000300. The van der Waals surface area contributed by atoms with Crippen molar-refractivity contribution in [3.05, 3.63) is 35.7 Å². The molecular weight excluding hydrogens is 390 g/mol. The molecule has 0 radical (unpaired) electrons. The van der Waals surface area contributed by atoms with Gasteiger partial charge in [0, 0.05) is 33.8 Å². The van der Waals surface area contributed by atoms with Gasteiger partial charge in [0.15, 0.2) is 5.82 Å². The molecule has 0 spiro atoms. The molecule has 0 aliphatic carbocycles. The zero-order valence-corrected chi connectivity index (χ0v) is 16.0. The first-order valence-electron chi connectivity index (χ1n) is 8.63. The van der Waals surface area contributed by atoms with E-state index in [1.54, 1.807) is 24.5 Å². The van der Waals surface area contributed by atoms with Gasteiger partial charge in [0.05, 0.1) is 11.6 Å². The third kappa shape index (κ3) is 4.53. The number of nitrogens with zero attached hydrogens (tertiary/aromatic N) is 3. The number of halogens is 3. The number of nitrogens with one attached hydrogen (secondary N) is 3. The maximum atomic E-state index is 12.4. The molecule has 3 heterocycles. The van der Waals surface area contributed by atoms with E-state index in [4.69, 9.17) is 11.6 Å². The second-order valence-corrected chi connectivity index (χ2v) is 6.96. The molecule has 3 aromatic rings. The van der Waals surface area contributed by atoms with E-state index >= 15 is 0 Å². The monoisotopic (exact) mass is 414 g/mol. The quantitative estimate of drug-likeness (QED) is 0.537. The molecule has 0 aliphatic heterocycles. The highest BCUT2D eigenvalue weighted by Crippen LogP contribution is 2.27. The number of hydrogen-bond donors (Lipinski definition) is 3. The summed E-state index contributed by atoms with van der Waals surface area (Å²) in [6.45, 7) is 2.94. The zero-order chi connectivity index (χ0) is 20.3. The molecule has 0 saturated carbocycles. The summed E-state index contributed by atoms with van der Waals surface area (Å²) in [5.41, 5.74) is 1.35. The van der Waals surface area contributed by atoms with Gasteiger partial charge in [-0.15, -0.1) is 0 Å². The molecule has 154 valence electrons. The maximum Gasteiger partial charge on any atom is 0.255 e. The van der Waals surface area contributed by atoms with Crippen LogP contribution in [0.15, 0.2) is 30.7 Å². The van der Waals surface area contributed by atoms with Crippen LogP contribution < -0.4 is 10.6 Å². The molecule has 0 fully saturated rings. The van der Waals surface area contributed by atoms with Gasteiger partial charge in [-0.05, 0) is 18.1 Å². The lowest BCUT2D eigenvalue weighted by Gasteiger charge is -2.22. The van der Waals surface area contributed by atoms with Crippen LogP contribution in [0.5, 0.6) is 0 Å². The minimum absolute atomic E-state index is 0. The fourth-order valence-corrected chi connectivity index (χ4v) is 2.87. The van der Waals surface area contributed by atoms with E-state index in [0.717, 1.165) is 5.39 Å². The van der Waals surface area contributed by atoms with Crippen LogP contribution >= 0.6 is 11.6 Å². The first-order valence-corrected chi connectivity index (χ1v) is 9.01. The topological polar surface area (TPSA) is 95.6 Å². The largest absolute Gasteiger partial charge is 0.358 e. The van der Waals surface area contributed by atoms with Crippen LogP contribution in [-0.4, -0.2) is 44.9 Å². The van der Waals surface area contributed by atoms with Crippen LogP contribution in [-0.2, 0) is 4.79 Å². The Hall–Kier alpha value is -2.81. The smallest absolute Gasteiger partial charge is 0.255 e. The van der Waals surface area contributed by atoms with Crippen molar-refractivity contribution in [1.29, 1.82) is 0 Å². The number of carbonyl (C=O) groups is 1. The predicted octanol–water partition coefficient (Wildman–Crippen LogP) is 4.23. The summed E-state index contributed by atoms with van der Waals surface area (Å²) >= 11 is 6.03. The van der Waals surface area contributed by atoms with Gasteiger partial charge in [0.25, 0.3) is 6.43 Å². The Labute approximate surface area is 169 Å². The molecule has 0 aliphatic rings. The number of anilines is 1. The standard InChI is InChI=1S/C18H19ClF2N6O.3H2/c1-9(2)15(18(28)25-8-13(20)21)26-14-3-4-22-17(27-14)12-7-24-16-11(12)5-10(19)6-23-16;;;/h3-7,9,13,15H,8H2,1-2H3,(H,23,24)(H,25,28)(H,22,26,27);3*1H/t15-;;;/m1.../s1. The Kier molecular flexibility index (Phi) is 6.03. The first-order chi connectivity index (χ1) is 13.3. The van der Waals surface area contributed by atoms with Crippen LogP contribution in [0.3, 0.4) is 0 Å². The Morgan fingerprint density at radius 1 is 1.36 bits per heavy atom. The van der Waals surface area contributed by atoms with Crippen LogP contribution in [0.4, 0.5) is 14.6 Å². The molecule has 0 unspecified atom stereocenters. The summed E-state index contributed by atoms with van der Waals surface area (Å²) in [6, 6.07) is 2.65. The van der Waals surface area contributed by atoms with Gasteiger partial charge in [0.1, 0.15) is 17.5 Å². The first kappa shape index (κ1) is 19.9. The predicted molar refractivity (Wildman–Crippen MR) is 110 cm³/mol. The van der Waals surface area contributed by atoms with Crippen molar-refractivity contribution in [3.8, 4) is 11.4 Å². The minimum atomic E-state index is -2.61. The van der Waals surface area contributed by atoms with Crippen molar-refractivity contribution in [2.75, 3.05) is 11.9 Å². The maximum absolute atomic E-state index is 12.4. The SMILES string of the molecule is CC(C)[C@@H](Nc1ccnc(-c2c[nH]c3ncc(Cl)cc23)n1)C(=O)NCC(F)F.[HH].[HH].[HH]. The normalized spacial score (nSPS) is 12.5. The molecule has 0 bridgehead atoms. The summed E-state index contributed by atoms with van der Waals surface area (Å²) in [4.78, 5) is 28.2. The number of alkyl halides is 2. The molecule has 0 aromatic carbocycles. The Bertz CT molecular complexity index is 992. The molecule has 3 N–H and O–H groups in total. The van der Waals surface area contributed by atoms with Crippen LogP contribution in [0.25, 0.3) is 22.4 Å². The molecule has 1 amide bonds. The zero-order valence-electron chi connectivity index (χ0n) is 15.2. The number of fused-ring (bicyclic) bond motifs is 1. The molecule has 3 aromatic heterocycles. The summed E-state index contributed by atoms with van der Waals surface area (Å²) in [6.07, 6.45) is 2.21. The van der Waals surface area contributed by atoms with Crippen molar-refractivity contribution >= 4 is 34.4 Å². The van der Waals surface area contributed by atoms with Crippen LogP contribution in [0.2, 0.25) is 5.02 Å². The van der Waals surface area contributed by atoms with Gasteiger partial charge in [-0.25, -0.2) is 23.7 Å². The number of rotatable bonds is 7. The lowest BCUT2D eigenvalue weighted by atomic mass is 10.0. The fourth-order valence-electron chi connectivity index (χ4n) is 2.71. The van der Waals surface area contributed by atoms with E-state index in [1.165, 1.54) is 6.20 Å². The number of aromatic nitrogens is 4. The van der Waals surface area contributed by atoms with Crippen molar-refractivity contribution in [2.45, 2.75) is 26.3 Å². The van der Waals surface area contributed by atoms with E-state index in [2.05, 4.69) is 30.6 Å². The third-order valence-corrected chi connectivity index (χ3v) is 4.28. The van der Waals surface area contributed by atoms with E-state index in [-0.39, 0.29) is 10.2 Å². The van der Waals surface area contributed by atoms with Crippen molar-refractivity contribution in [1.82, 2.24) is 25.3 Å². The highest BCUT2D eigenvalue weighted by atomic mass is 35.5. The summed E-state index contributed by atoms with van der Waals surface area (Å²) < 4.78 is 24.8. The van der Waals surface area contributed by atoms with Crippen LogP contribution in [0.1, 0.15) is 18.1 Å². The van der Waals surface area contributed by atoms with Crippen molar-refractivity contribution in [2.24, 2.45) is 5.92 Å². The van der Waals surface area contributed by atoms with E-state index in [9.17, 15) is 13.6 Å². The van der Waals surface area contributed by atoms with E-state index < -0.39 is 24.9 Å². The lowest BCUT2D eigenvalue weighted by molar-refractivity contribution is -0.123. The Morgan fingerprint density at radius 2 is 2.14 bits per heavy atom. The number of aromatic amines is 1. The third-order valence-electron chi connectivity index (χ3n) is 4.08. The number of hydrogen-bond acceptors (Lipinski definition) is 5. The van der Waals surface area contributed by atoms with Gasteiger partial charge in [-0.2, -0.15) is 0 Å². The number of amides is 1. The molecule has 7 nitrogen and oxygen atoms in total. The molecule has 28 heavy (non-hydrogen) atoms. The molecule has 3 rings (SSSR count). The average molecular weight is 415 g/mol.